The molecular formula is C22H23N3O3S. The van der Waals surface area contributed by atoms with Crippen LogP contribution in [0.1, 0.15) is 36.1 Å². The van der Waals surface area contributed by atoms with Crippen LogP contribution in [0.15, 0.2) is 36.5 Å². The van der Waals surface area contributed by atoms with Gasteiger partial charge >= 0.3 is 0 Å². The molecule has 5 rings (SSSR count). The number of nitrogens with zero attached hydrogens (tertiary/aromatic N) is 2. The Morgan fingerprint density at radius 3 is 2.48 bits per heavy atom. The number of rotatable bonds is 6. The van der Waals surface area contributed by atoms with Crippen LogP contribution in [0.5, 0.6) is 0 Å². The number of thiazole rings is 1. The molecule has 29 heavy (non-hydrogen) atoms. The first kappa shape index (κ1) is 18.5. The molecule has 3 fully saturated rings. The van der Waals surface area contributed by atoms with E-state index in [1.165, 1.54) is 21.8 Å². The maximum Gasteiger partial charge on any atom is 0.233 e. The Hall–Kier alpha value is -2.54. The van der Waals surface area contributed by atoms with Crippen molar-refractivity contribution >= 4 is 34.2 Å². The van der Waals surface area contributed by atoms with Crippen LogP contribution in [0.2, 0.25) is 0 Å². The predicted octanol–water partition coefficient (Wildman–Crippen LogP) is 3.09. The lowest BCUT2D eigenvalue weighted by atomic mass is 9.81. The lowest BCUT2D eigenvalue weighted by Gasteiger charge is -2.19. The molecule has 2 heterocycles. The molecule has 3 aliphatic rings. The van der Waals surface area contributed by atoms with Gasteiger partial charge in [0.2, 0.25) is 17.7 Å². The molecule has 0 spiro atoms. The minimum absolute atomic E-state index is 0.0561. The first-order valence-electron chi connectivity index (χ1n) is 10.2. The van der Waals surface area contributed by atoms with E-state index in [0.29, 0.717) is 17.0 Å². The van der Waals surface area contributed by atoms with E-state index in [9.17, 15) is 14.4 Å². The fourth-order valence-electron chi connectivity index (χ4n) is 5.33. The van der Waals surface area contributed by atoms with Gasteiger partial charge in [0.15, 0.2) is 5.13 Å². The van der Waals surface area contributed by atoms with Gasteiger partial charge in [0.25, 0.3) is 0 Å². The van der Waals surface area contributed by atoms with Crippen LogP contribution in [0.25, 0.3) is 0 Å². The Balaban J connectivity index is 1.15. The number of anilines is 1. The van der Waals surface area contributed by atoms with E-state index in [-0.39, 0.29) is 42.5 Å². The van der Waals surface area contributed by atoms with E-state index in [2.05, 4.69) is 22.4 Å². The van der Waals surface area contributed by atoms with Crippen molar-refractivity contribution in [1.82, 2.24) is 9.88 Å². The van der Waals surface area contributed by atoms with Gasteiger partial charge in [-0.05, 0) is 36.7 Å². The van der Waals surface area contributed by atoms with Gasteiger partial charge in [-0.1, -0.05) is 30.3 Å². The monoisotopic (exact) mass is 409 g/mol. The second-order valence-electron chi connectivity index (χ2n) is 8.31. The molecule has 150 valence electrons. The van der Waals surface area contributed by atoms with Crippen molar-refractivity contribution in [3.8, 4) is 0 Å². The number of hydrogen-bond acceptors (Lipinski definition) is 5. The smallest absolute Gasteiger partial charge is 0.233 e. The molecule has 2 bridgehead atoms. The van der Waals surface area contributed by atoms with Gasteiger partial charge in [-0.3, -0.25) is 19.3 Å². The van der Waals surface area contributed by atoms with E-state index < -0.39 is 0 Å². The van der Waals surface area contributed by atoms with Crippen molar-refractivity contribution in [3.63, 3.8) is 0 Å². The van der Waals surface area contributed by atoms with Crippen LogP contribution in [0.4, 0.5) is 5.13 Å². The van der Waals surface area contributed by atoms with E-state index in [1.807, 2.05) is 18.2 Å². The molecule has 2 aromatic rings. The maximum atomic E-state index is 12.7. The zero-order valence-corrected chi connectivity index (χ0v) is 16.9. The lowest BCUT2D eigenvalue weighted by molar-refractivity contribution is -0.140. The normalized spacial score (nSPS) is 27.5. The van der Waals surface area contributed by atoms with Crippen molar-refractivity contribution in [1.29, 1.82) is 0 Å². The first-order valence-corrected chi connectivity index (χ1v) is 11.1. The number of amides is 3. The molecule has 4 atom stereocenters. The zero-order chi connectivity index (χ0) is 20.0. The third-order valence-electron chi connectivity index (χ3n) is 6.60. The fraction of sp³-hybridized carbons (Fsp3) is 0.455. The minimum atomic E-state index is -0.216. The van der Waals surface area contributed by atoms with Crippen molar-refractivity contribution < 1.29 is 14.4 Å². The van der Waals surface area contributed by atoms with Gasteiger partial charge in [-0.15, -0.1) is 11.3 Å². The first-order chi connectivity index (χ1) is 14.1. The largest absolute Gasteiger partial charge is 0.302 e. The Kier molecular flexibility index (Phi) is 4.70. The number of carbonyl (C=O) groups excluding carboxylic acids is 3. The number of hydrogen-bond donors (Lipinski definition) is 1. The Morgan fingerprint density at radius 2 is 1.79 bits per heavy atom. The molecule has 1 aromatic heterocycles. The van der Waals surface area contributed by atoms with E-state index in [4.69, 9.17) is 0 Å². The number of aromatic nitrogens is 1. The summed E-state index contributed by atoms with van der Waals surface area (Å²) in [5.74, 6) is 0.176. The maximum absolute atomic E-state index is 12.7. The van der Waals surface area contributed by atoms with E-state index >= 15 is 0 Å². The highest BCUT2D eigenvalue weighted by atomic mass is 32.1. The van der Waals surface area contributed by atoms with Crippen molar-refractivity contribution in [2.24, 2.45) is 23.7 Å². The number of benzene rings is 1. The number of carbonyl (C=O) groups is 3. The molecule has 1 aromatic carbocycles. The molecule has 6 nitrogen and oxygen atoms in total. The van der Waals surface area contributed by atoms with Gasteiger partial charge in [-0.25, -0.2) is 4.98 Å². The molecule has 1 saturated heterocycles. The summed E-state index contributed by atoms with van der Waals surface area (Å²) in [6.45, 7) is 0.165. The number of imide groups is 1. The highest BCUT2D eigenvalue weighted by Gasteiger charge is 2.60. The second-order valence-corrected chi connectivity index (χ2v) is 9.42. The lowest BCUT2D eigenvalue weighted by Crippen LogP contribution is -2.35. The standard InChI is InChI=1S/C22H23N3O3S/c26-17(24-22-23-12-16(29-22)10-13-4-2-1-3-5-13)8-9-25-20(27)18-14-6-7-15(11-14)19(18)21(25)28/h1-5,12,14-15,18-19H,6-11H2,(H,23,24,26)/t14-,15-,18+,19+/m0/s1. The molecule has 1 N–H and O–H groups in total. The topological polar surface area (TPSA) is 79.4 Å². The Labute approximate surface area is 173 Å². The molecule has 0 unspecified atom stereocenters. The molecule has 3 amide bonds. The summed E-state index contributed by atoms with van der Waals surface area (Å²) >= 11 is 1.45. The third kappa shape index (κ3) is 3.37. The summed E-state index contributed by atoms with van der Waals surface area (Å²) in [7, 11) is 0. The third-order valence-corrected chi connectivity index (χ3v) is 7.52. The number of likely N-dealkylation sites (tertiary alicyclic amines) is 1. The molecular weight excluding hydrogens is 386 g/mol. The minimum Gasteiger partial charge on any atom is -0.302 e. The van der Waals surface area contributed by atoms with Crippen molar-refractivity contribution in [2.45, 2.75) is 32.1 Å². The molecule has 2 aliphatic carbocycles. The Morgan fingerprint density at radius 1 is 1.10 bits per heavy atom. The average Bonchev–Trinajstić information content (AvgIpc) is 3.48. The highest BCUT2D eigenvalue weighted by molar-refractivity contribution is 7.15. The second kappa shape index (κ2) is 7.37. The number of fused-ring (bicyclic) bond motifs is 5. The van der Waals surface area contributed by atoms with Crippen LogP contribution < -0.4 is 5.32 Å². The molecule has 2 saturated carbocycles. The zero-order valence-electron chi connectivity index (χ0n) is 16.0. The van der Waals surface area contributed by atoms with Crippen molar-refractivity contribution in [2.75, 3.05) is 11.9 Å². The van der Waals surface area contributed by atoms with Crippen LogP contribution >= 0.6 is 11.3 Å². The quantitative estimate of drug-likeness (QED) is 0.744. The summed E-state index contributed by atoms with van der Waals surface area (Å²) in [4.78, 5) is 44.4. The van der Waals surface area contributed by atoms with Crippen LogP contribution in [-0.2, 0) is 20.8 Å². The summed E-state index contributed by atoms with van der Waals surface area (Å²) < 4.78 is 0. The van der Waals surface area contributed by atoms with Gasteiger partial charge in [0.1, 0.15) is 0 Å². The highest BCUT2D eigenvalue weighted by Crippen LogP contribution is 2.56. The van der Waals surface area contributed by atoms with Crippen LogP contribution in [-0.4, -0.2) is 34.2 Å². The summed E-state index contributed by atoms with van der Waals surface area (Å²) in [6.07, 6.45) is 5.81. The van der Waals surface area contributed by atoms with E-state index in [0.717, 1.165) is 30.6 Å². The summed E-state index contributed by atoms with van der Waals surface area (Å²) in [5, 5.41) is 3.35. The van der Waals surface area contributed by atoms with E-state index in [1.54, 1.807) is 6.20 Å². The fourth-order valence-corrected chi connectivity index (χ4v) is 6.19. The van der Waals surface area contributed by atoms with Gasteiger partial charge in [0, 0.05) is 30.5 Å². The van der Waals surface area contributed by atoms with Gasteiger partial charge in [0.05, 0.1) is 11.8 Å². The summed E-state index contributed by atoms with van der Waals surface area (Å²) in [5.41, 5.74) is 1.19. The predicted molar refractivity (Wildman–Crippen MR) is 109 cm³/mol. The Bertz CT molecular complexity index is 929. The average molecular weight is 410 g/mol. The molecule has 0 radical (unpaired) electrons. The van der Waals surface area contributed by atoms with Crippen LogP contribution in [0, 0.1) is 23.7 Å². The van der Waals surface area contributed by atoms with Gasteiger partial charge in [-0.2, -0.15) is 0 Å². The summed E-state index contributed by atoms with van der Waals surface area (Å²) in [6, 6.07) is 10.1. The SMILES string of the molecule is O=C(CCN1C(=O)[C@@H]2[C@H]3CC[C@@H](C3)[C@H]2C1=O)Nc1ncc(Cc2ccccc2)s1. The van der Waals surface area contributed by atoms with Gasteiger partial charge < -0.3 is 5.32 Å². The molecule has 1 aliphatic heterocycles. The van der Waals surface area contributed by atoms with Crippen molar-refractivity contribution in [3.05, 3.63) is 47.0 Å². The van der Waals surface area contributed by atoms with Crippen LogP contribution in [0.3, 0.4) is 0 Å². The number of nitrogens with one attached hydrogen (secondary N) is 1. The molecule has 7 heteroatoms.